The number of hydrogen-bond acceptors (Lipinski definition) is 3. The average molecular weight is 553 g/mol. The highest BCUT2D eigenvalue weighted by molar-refractivity contribution is 14.1. The molecule has 0 aliphatic carbocycles. The number of halogens is 4. The fourth-order valence-corrected chi connectivity index (χ4v) is 4.83. The van der Waals surface area contributed by atoms with Crippen LogP contribution in [0.3, 0.4) is 0 Å². The molecule has 0 saturated carbocycles. The molecule has 6 nitrogen and oxygen atoms in total. The highest BCUT2D eigenvalue weighted by Gasteiger charge is 2.37. The normalized spacial score (nSPS) is 16.2. The molecule has 1 heterocycles. The summed E-state index contributed by atoms with van der Waals surface area (Å²) >= 11 is 20.7. The van der Waals surface area contributed by atoms with Crippen LogP contribution in [0.4, 0.5) is 16.2 Å². The van der Waals surface area contributed by atoms with E-state index in [1.807, 2.05) is 22.6 Å². The van der Waals surface area contributed by atoms with Crippen LogP contribution >= 0.6 is 57.4 Å². The van der Waals surface area contributed by atoms with Crippen molar-refractivity contribution in [1.29, 1.82) is 0 Å². The third kappa shape index (κ3) is 3.80. The zero-order chi connectivity index (χ0) is 20.7. The van der Waals surface area contributed by atoms with Crippen molar-refractivity contribution < 1.29 is 14.4 Å². The Labute approximate surface area is 189 Å². The van der Waals surface area contributed by atoms with Crippen LogP contribution in [0.2, 0.25) is 15.1 Å². The lowest BCUT2D eigenvalue weighted by Gasteiger charge is -2.32. The molecule has 3 N–H and O–H groups in total. The number of Topliss-reactive ketones (excluding diaryl/α,β-unsaturated/α-hetero) is 1. The Hall–Kier alpha value is -1.55. The van der Waals surface area contributed by atoms with Gasteiger partial charge in [-0.1, -0.05) is 34.8 Å². The van der Waals surface area contributed by atoms with Crippen LogP contribution in [-0.4, -0.2) is 17.7 Å². The van der Waals surface area contributed by atoms with Gasteiger partial charge < -0.3 is 11.1 Å². The molecule has 0 aromatic heterocycles. The SMILES string of the molecule is Cc1cc2c(c(I)c1Cl)C(N(C(N)=O)c1ccc(Cl)cc1Cl)CC(=O)C(=O)N2. The first-order chi connectivity index (χ1) is 13.1. The van der Waals surface area contributed by atoms with Gasteiger partial charge in [0.25, 0.3) is 5.91 Å². The second-order valence-corrected chi connectivity index (χ2v) is 8.48. The van der Waals surface area contributed by atoms with Crippen molar-refractivity contribution in [1.82, 2.24) is 0 Å². The Bertz CT molecular complexity index is 1030. The van der Waals surface area contributed by atoms with Crippen LogP contribution in [0.1, 0.15) is 23.6 Å². The summed E-state index contributed by atoms with van der Waals surface area (Å²) < 4.78 is 0.602. The van der Waals surface area contributed by atoms with Gasteiger partial charge in [0.15, 0.2) is 0 Å². The maximum Gasteiger partial charge on any atom is 0.319 e. The number of nitrogens with zero attached hydrogens (tertiary/aromatic N) is 1. The predicted octanol–water partition coefficient (Wildman–Crippen LogP) is 5.10. The first-order valence-electron chi connectivity index (χ1n) is 7.98. The van der Waals surface area contributed by atoms with E-state index in [2.05, 4.69) is 5.32 Å². The van der Waals surface area contributed by atoms with E-state index in [0.717, 1.165) is 0 Å². The molecular weight excluding hydrogens is 539 g/mol. The quantitative estimate of drug-likeness (QED) is 0.401. The number of primary amides is 1. The van der Waals surface area contributed by atoms with Gasteiger partial charge in [-0.15, -0.1) is 0 Å². The van der Waals surface area contributed by atoms with Crippen LogP contribution in [0, 0.1) is 10.5 Å². The van der Waals surface area contributed by atoms with Crippen molar-refractivity contribution in [3.63, 3.8) is 0 Å². The van der Waals surface area contributed by atoms with E-state index in [0.29, 0.717) is 30.4 Å². The highest BCUT2D eigenvalue weighted by Crippen LogP contribution is 2.44. The molecule has 28 heavy (non-hydrogen) atoms. The predicted molar refractivity (Wildman–Crippen MR) is 118 cm³/mol. The number of fused-ring (bicyclic) bond motifs is 1. The number of anilines is 2. The second kappa shape index (κ2) is 8.06. The van der Waals surface area contributed by atoms with Gasteiger partial charge in [0.2, 0.25) is 5.78 Å². The topological polar surface area (TPSA) is 92.5 Å². The molecule has 0 spiro atoms. The Kier molecular flexibility index (Phi) is 6.09. The van der Waals surface area contributed by atoms with Gasteiger partial charge in [0.1, 0.15) is 0 Å². The van der Waals surface area contributed by atoms with Gasteiger partial charge >= 0.3 is 6.03 Å². The molecule has 0 saturated heterocycles. The summed E-state index contributed by atoms with van der Waals surface area (Å²) in [5, 5.41) is 3.61. The van der Waals surface area contributed by atoms with E-state index in [1.165, 1.54) is 17.0 Å². The zero-order valence-corrected chi connectivity index (χ0v) is 18.8. The maximum absolute atomic E-state index is 12.4. The number of nitrogens with one attached hydrogen (secondary N) is 1. The first-order valence-corrected chi connectivity index (χ1v) is 10.2. The number of carbonyl (C=O) groups is 3. The van der Waals surface area contributed by atoms with Crippen molar-refractivity contribution >= 4 is 86.5 Å². The molecular formula is C18H13Cl3IN3O3. The van der Waals surface area contributed by atoms with Gasteiger partial charge in [0.05, 0.1) is 21.8 Å². The van der Waals surface area contributed by atoms with Gasteiger partial charge in [-0.05, 0) is 59.3 Å². The number of rotatable bonds is 2. The van der Waals surface area contributed by atoms with Crippen molar-refractivity contribution in [2.24, 2.45) is 5.73 Å². The molecule has 0 radical (unpaired) electrons. The van der Waals surface area contributed by atoms with Gasteiger partial charge in [0, 0.05) is 26.3 Å². The Balaban J connectivity index is 2.29. The monoisotopic (exact) mass is 551 g/mol. The molecule has 1 atom stereocenters. The number of amides is 3. The molecule has 10 heteroatoms. The molecule has 1 unspecified atom stereocenters. The summed E-state index contributed by atoms with van der Waals surface area (Å²) in [5.41, 5.74) is 7.55. The fourth-order valence-electron chi connectivity index (χ4n) is 3.10. The summed E-state index contributed by atoms with van der Waals surface area (Å²) in [6.07, 6.45) is -0.282. The third-order valence-electron chi connectivity index (χ3n) is 4.36. The maximum atomic E-state index is 12.4. The molecule has 0 fully saturated rings. The van der Waals surface area contributed by atoms with Gasteiger partial charge in [-0.3, -0.25) is 14.5 Å². The average Bonchev–Trinajstić information content (AvgIpc) is 2.72. The molecule has 1 aliphatic rings. The Morgan fingerprint density at radius 1 is 1.25 bits per heavy atom. The fraction of sp³-hybridized carbons (Fsp3) is 0.167. The van der Waals surface area contributed by atoms with Gasteiger partial charge in [-0.25, -0.2) is 4.79 Å². The number of carbonyl (C=O) groups excluding carboxylic acids is 3. The number of nitrogens with two attached hydrogens (primary N) is 1. The van der Waals surface area contributed by atoms with Crippen molar-refractivity contribution in [3.05, 3.63) is 54.0 Å². The van der Waals surface area contributed by atoms with Crippen LogP contribution < -0.4 is 16.0 Å². The van der Waals surface area contributed by atoms with Crippen LogP contribution in [0.5, 0.6) is 0 Å². The summed E-state index contributed by atoms with van der Waals surface area (Å²) in [5.74, 6) is -1.46. The number of ketones is 1. The van der Waals surface area contributed by atoms with Crippen LogP contribution in [-0.2, 0) is 9.59 Å². The lowest BCUT2D eigenvalue weighted by Crippen LogP contribution is -2.40. The molecule has 2 aromatic rings. The number of hydrogen-bond donors (Lipinski definition) is 2. The van der Waals surface area contributed by atoms with Crippen molar-refractivity contribution in [2.45, 2.75) is 19.4 Å². The van der Waals surface area contributed by atoms with E-state index >= 15 is 0 Å². The number of aryl methyl sites for hydroxylation is 1. The van der Waals surface area contributed by atoms with Crippen molar-refractivity contribution in [3.8, 4) is 0 Å². The first kappa shape index (κ1) is 21.2. The smallest absolute Gasteiger partial charge is 0.319 e. The summed E-state index contributed by atoms with van der Waals surface area (Å²) in [6, 6.07) is 4.48. The zero-order valence-electron chi connectivity index (χ0n) is 14.4. The third-order valence-corrected chi connectivity index (χ3v) is 6.82. The second-order valence-electron chi connectivity index (χ2n) is 6.18. The standard InChI is InChI=1S/C18H13Cl3IN3O3/c1-7-4-10-14(16(22)15(7)21)12(6-13(26)17(27)24-10)25(18(23)28)11-3-2-8(19)5-9(11)20/h2-5,12H,6H2,1H3,(H2,23,28)(H,24,27). The number of urea groups is 1. The van der Waals surface area contributed by atoms with Crippen LogP contribution in [0.25, 0.3) is 0 Å². The van der Waals surface area contributed by atoms with E-state index in [4.69, 9.17) is 40.5 Å². The molecule has 2 aromatic carbocycles. The minimum Gasteiger partial charge on any atom is -0.351 e. The van der Waals surface area contributed by atoms with E-state index < -0.39 is 23.8 Å². The lowest BCUT2D eigenvalue weighted by molar-refractivity contribution is -0.134. The summed E-state index contributed by atoms with van der Waals surface area (Å²) in [6.45, 7) is 1.78. The molecule has 3 amide bonds. The summed E-state index contributed by atoms with van der Waals surface area (Å²) in [4.78, 5) is 38.2. The van der Waals surface area contributed by atoms with E-state index in [1.54, 1.807) is 19.1 Å². The van der Waals surface area contributed by atoms with E-state index in [-0.39, 0.29) is 17.1 Å². The molecule has 146 valence electrons. The molecule has 0 bridgehead atoms. The molecule has 3 rings (SSSR count). The largest absolute Gasteiger partial charge is 0.351 e. The van der Waals surface area contributed by atoms with Gasteiger partial charge in [-0.2, -0.15) is 0 Å². The minimum atomic E-state index is -0.886. The van der Waals surface area contributed by atoms with Crippen molar-refractivity contribution in [2.75, 3.05) is 10.2 Å². The van der Waals surface area contributed by atoms with Crippen LogP contribution in [0.15, 0.2) is 24.3 Å². The molecule has 1 aliphatic heterocycles. The lowest BCUT2D eigenvalue weighted by atomic mass is 9.97. The minimum absolute atomic E-state index is 0.178. The van der Waals surface area contributed by atoms with E-state index in [9.17, 15) is 14.4 Å². The number of benzene rings is 2. The summed E-state index contributed by atoms with van der Waals surface area (Å²) in [7, 11) is 0. The Morgan fingerprint density at radius 2 is 1.93 bits per heavy atom. The Morgan fingerprint density at radius 3 is 2.54 bits per heavy atom. The highest BCUT2D eigenvalue weighted by atomic mass is 127.